The second-order valence-electron chi connectivity index (χ2n) is 8.40. The van der Waals surface area contributed by atoms with Gasteiger partial charge in [-0.2, -0.15) is 0 Å². The number of ether oxygens (including phenoxy) is 1. The molecule has 1 aliphatic heterocycles. The molecule has 1 aromatic rings. The molecule has 9 heteroatoms. The van der Waals surface area contributed by atoms with E-state index >= 15 is 0 Å². The smallest absolute Gasteiger partial charge is 0.328 e. The third-order valence-corrected chi connectivity index (χ3v) is 5.07. The lowest BCUT2D eigenvalue weighted by Gasteiger charge is -2.21. The number of rotatable bonds is 12. The highest BCUT2D eigenvalue weighted by molar-refractivity contribution is 5.93. The first-order valence-corrected chi connectivity index (χ1v) is 11.0. The average molecular weight is 447 g/mol. The highest BCUT2D eigenvalue weighted by Crippen LogP contribution is 2.11. The molecule has 4 atom stereocenters. The molecule has 176 valence electrons. The van der Waals surface area contributed by atoms with Crippen molar-refractivity contribution in [3.63, 3.8) is 0 Å². The maximum absolute atomic E-state index is 12.8. The SMILES string of the molecule is CCOC(=O)[C@H](CC(C)C)NC(=O)CNC(=O)[C@H](Cc1ccccc1)NC(=O)[C@H]1N[C@H]1C. The van der Waals surface area contributed by atoms with Crippen molar-refractivity contribution in [1.82, 2.24) is 21.3 Å². The molecule has 1 aliphatic rings. The minimum Gasteiger partial charge on any atom is -0.464 e. The van der Waals surface area contributed by atoms with E-state index in [9.17, 15) is 19.2 Å². The maximum Gasteiger partial charge on any atom is 0.328 e. The van der Waals surface area contributed by atoms with Crippen LogP contribution in [0.5, 0.6) is 0 Å². The predicted molar refractivity (Wildman–Crippen MR) is 119 cm³/mol. The third kappa shape index (κ3) is 8.30. The second-order valence-corrected chi connectivity index (χ2v) is 8.40. The van der Waals surface area contributed by atoms with Crippen LogP contribution in [0.2, 0.25) is 0 Å². The molecule has 0 unspecified atom stereocenters. The van der Waals surface area contributed by atoms with Crippen LogP contribution in [0.1, 0.15) is 39.7 Å². The molecule has 0 aromatic heterocycles. The summed E-state index contributed by atoms with van der Waals surface area (Å²) in [5, 5.41) is 11.0. The van der Waals surface area contributed by atoms with E-state index in [0.717, 1.165) is 5.56 Å². The number of carbonyl (C=O) groups excluding carboxylic acids is 4. The fourth-order valence-electron chi connectivity index (χ4n) is 3.32. The Labute approximate surface area is 189 Å². The Kier molecular flexibility index (Phi) is 9.64. The summed E-state index contributed by atoms with van der Waals surface area (Å²) in [6.45, 7) is 7.37. The van der Waals surface area contributed by atoms with E-state index in [1.54, 1.807) is 6.92 Å². The van der Waals surface area contributed by atoms with Crippen LogP contribution in [0.3, 0.4) is 0 Å². The molecule has 4 N–H and O–H groups in total. The minimum absolute atomic E-state index is 0.0713. The fraction of sp³-hybridized carbons (Fsp3) is 0.565. The van der Waals surface area contributed by atoms with Crippen molar-refractivity contribution < 1.29 is 23.9 Å². The van der Waals surface area contributed by atoms with Crippen LogP contribution in [0.15, 0.2) is 30.3 Å². The van der Waals surface area contributed by atoms with E-state index in [1.165, 1.54) is 0 Å². The van der Waals surface area contributed by atoms with Crippen molar-refractivity contribution in [2.24, 2.45) is 5.92 Å². The van der Waals surface area contributed by atoms with Gasteiger partial charge in [0.25, 0.3) is 0 Å². The first-order valence-electron chi connectivity index (χ1n) is 11.0. The first kappa shape index (κ1) is 25.3. The quantitative estimate of drug-likeness (QED) is 0.269. The molecule has 3 amide bonds. The van der Waals surface area contributed by atoms with Gasteiger partial charge in [-0.1, -0.05) is 44.2 Å². The average Bonchev–Trinajstić information content (AvgIpc) is 3.48. The summed E-state index contributed by atoms with van der Waals surface area (Å²) in [6, 6.07) is 7.47. The van der Waals surface area contributed by atoms with E-state index < -0.39 is 29.9 Å². The molecule has 0 spiro atoms. The van der Waals surface area contributed by atoms with Crippen molar-refractivity contribution in [2.45, 2.75) is 64.7 Å². The standard InChI is InChI=1S/C23H34N4O5/c1-5-32-23(31)18(11-14(2)3)26-19(28)13-24-21(29)17(12-16-9-7-6-8-10-16)27-22(30)20-15(4)25-20/h6-10,14-15,17-18,20,25H,5,11-13H2,1-4H3,(H,24,29)(H,26,28)(H,27,30)/t15-,17-,18-,20-/m0/s1. The Morgan fingerprint density at radius 1 is 1.06 bits per heavy atom. The van der Waals surface area contributed by atoms with Crippen LogP contribution in [0.4, 0.5) is 0 Å². The Bertz CT molecular complexity index is 799. The van der Waals surface area contributed by atoms with Crippen LogP contribution in [0, 0.1) is 5.92 Å². The highest BCUT2D eigenvalue weighted by atomic mass is 16.5. The molecule has 32 heavy (non-hydrogen) atoms. The second kappa shape index (κ2) is 12.2. The zero-order valence-corrected chi connectivity index (χ0v) is 19.1. The van der Waals surface area contributed by atoms with Gasteiger partial charge in [0.05, 0.1) is 13.2 Å². The zero-order valence-electron chi connectivity index (χ0n) is 19.1. The van der Waals surface area contributed by atoms with E-state index in [1.807, 2.05) is 51.1 Å². The molecule has 1 saturated heterocycles. The van der Waals surface area contributed by atoms with Crippen LogP contribution in [-0.2, 0) is 30.3 Å². The zero-order chi connectivity index (χ0) is 23.7. The van der Waals surface area contributed by atoms with Crippen LogP contribution < -0.4 is 21.3 Å². The number of nitrogens with one attached hydrogen (secondary N) is 4. The van der Waals surface area contributed by atoms with Gasteiger partial charge in [0.2, 0.25) is 17.7 Å². The molecular weight excluding hydrogens is 412 g/mol. The monoisotopic (exact) mass is 446 g/mol. The number of benzene rings is 1. The lowest BCUT2D eigenvalue weighted by atomic mass is 10.0. The van der Waals surface area contributed by atoms with Crippen molar-refractivity contribution in [2.75, 3.05) is 13.2 Å². The van der Waals surface area contributed by atoms with Crippen LogP contribution in [0.25, 0.3) is 0 Å². The normalized spacial score (nSPS) is 18.9. The minimum atomic E-state index is -0.830. The van der Waals surface area contributed by atoms with Crippen LogP contribution >= 0.6 is 0 Å². The summed E-state index contributed by atoms with van der Waals surface area (Å²) < 4.78 is 5.02. The third-order valence-electron chi connectivity index (χ3n) is 5.07. The van der Waals surface area contributed by atoms with Gasteiger partial charge in [-0.3, -0.25) is 19.7 Å². The Hall–Kier alpha value is -2.94. The van der Waals surface area contributed by atoms with E-state index in [0.29, 0.717) is 12.8 Å². The maximum atomic E-state index is 12.8. The number of hydrogen-bond donors (Lipinski definition) is 4. The van der Waals surface area contributed by atoms with Crippen molar-refractivity contribution >= 4 is 23.7 Å². The van der Waals surface area contributed by atoms with Gasteiger partial charge >= 0.3 is 5.97 Å². The summed E-state index contributed by atoms with van der Waals surface area (Å²) in [6.07, 6.45) is 0.720. The number of carbonyl (C=O) groups is 4. The fourth-order valence-corrected chi connectivity index (χ4v) is 3.32. The number of esters is 1. The molecule has 1 aromatic carbocycles. The van der Waals surface area contributed by atoms with Gasteiger partial charge in [0.1, 0.15) is 18.1 Å². The molecule has 0 radical (unpaired) electrons. The van der Waals surface area contributed by atoms with Gasteiger partial charge in [-0.25, -0.2) is 4.79 Å². The number of amides is 3. The van der Waals surface area contributed by atoms with Gasteiger partial charge in [0, 0.05) is 12.5 Å². The number of hydrogen-bond acceptors (Lipinski definition) is 6. The Morgan fingerprint density at radius 3 is 2.28 bits per heavy atom. The van der Waals surface area contributed by atoms with Gasteiger partial charge < -0.3 is 20.7 Å². The molecule has 9 nitrogen and oxygen atoms in total. The highest BCUT2D eigenvalue weighted by Gasteiger charge is 2.39. The summed E-state index contributed by atoms with van der Waals surface area (Å²) >= 11 is 0. The Balaban J connectivity index is 1.95. The summed E-state index contributed by atoms with van der Waals surface area (Å²) in [4.78, 5) is 49.6. The molecule has 2 rings (SSSR count). The lowest BCUT2D eigenvalue weighted by molar-refractivity contribution is -0.147. The molecule has 0 aliphatic carbocycles. The van der Waals surface area contributed by atoms with E-state index in [4.69, 9.17) is 4.74 Å². The topological polar surface area (TPSA) is 136 Å². The van der Waals surface area contributed by atoms with Crippen molar-refractivity contribution in [3.05, 3.63) is 35.9 Å². The van der Waals surface area contributed by atoms with Gasteiger partial charge in [-0.05, 0) is 31.7 Å². The summed E-state index contributed by atoms with van der Waals surface area (Å²) in [5.41, 5.74) is 0.883. The van der Waals surface area contributed by atoms with Crippen molar-refractivity contribution in [3.8, 4) is 0 Å². The lowest BCUT2D eigenvalue weighted by Crippen LogP contribution is -2.52. The first-order chi connectivity index (χ1) is 15.2. The summed E-state index contributed by atoms with van der Waals surface area (Å²) in [5.74, 6) is -1.55. The predicted octanol–water partition coefficient (Wildman–Crippen LogP) is 0.284. The van der Waals surface area contributed by atoms with Crippen LogP contribution in [-0.4, -0.2) is 61.0 Å². The molecular formula is C23H34N4O5. The molecule has 0 saturated carbocycles. The molecule has 1 heterocycles. The Morgan fingerprint density at radius 2 is 1.72 bits per heavy atom. The summed E-state index contributed by atoms with van der Waals surface area (Å²) in [7, 11) is 0. The van der Waals surface area contributed by atoms with E-state index in [2.05, 4.69) is 21.3 Å². The van der Waals surface area contributed by atoms with Gasteiger partial charge in [0.15, 0.2) is 0 Å². The van der Waals surface area contributed by atoms with Crippen molar-refractivity contribution in [1.29, 1.82) is 0 Å². The van der Waals surface area contributed by atoms with E-state index in [-0.39, 0.29) is 37.1 Å². The van der Waals surface area contributed by atoms with Gasteiger partial charge in [-0.15, -0.1) is 0 Å². The molecule has 0 bridgehead atoms. The molecule has 1 fully saturated rings. The largest absolute Gasteiger partial charge is 0.464 e.